The first kappa shape index (κ1) is 20.9. The fourth-order valence-electron chi connectivity index (χ4n) is 2.19. The van der Waals surface area contributed by atoms with Crippen LogP contribution >= 0.6 is 11.6 Å². The summed E-state index contributed by atoms with van der Waals surface area (Å²) < 4.78 is 5.11. The number of ether oxygens (including phenoxy) is 1. The van der Waals surface area contributed by atoms with Crippen molar-refractivity contribution in [1.29, 1.82) is 5.26 Å². The molecule has 0 aliphatic carbocycles. The highest BCUT2D eigenvalue weighted by atomic mass is 35.5. The average molecular weight is 400 g/mol. The topological polar surface area (TPSA) is 108 Å². The summed E-state index contributed by atoms with van der Waals surface area (Å²) in [6, 6.07) is 13.8. The second kappa shape index (κ2) is 9.53. The van der Waals surface area contributed by atoms with Gasteiger partial charge in [0.1, 0.15) is 12.1 Å². The maximum Gasteiger partial charge on any atom is 0.329 e. The monoisotopic (exact) mass is 399 g/mol. The van der Waals surface area contributed by atoms with Crippen LogP contribution in [0.3, 0.4) is 0 Å². The number of nitrogens with one attached hydrogen (secondary N) is 2. The first-order chi connectivity index (χ1) is 13.3. The molecule has 0 saturated carbocycles. The second-order valence-corrected chi connectivity index (χ2v) is 6.34. The fraction of sp³-hybridized carbons (Fsp3) is 0.200. The molecule has 28 heavy (non-hydrogen) atoms. The Morgan fingerprint density at radius 3 is 2.39 bits per heavy atom. The number of carbonyl (C=O) groups is 3. The van der Waals surface area contributed by atoms with Crippen LogP contribution in [0, 0.1) is 11.3 Å². The molecule has 144 valence electrons. The van der Waals surface area contributed by atoms with Gasteiger partial charge in [0, 0.05) is 11.3 Å². The number of hydrogen-bond donors (Lipinski definition) is 2. The molecular weight excluding hydrogens is 382 g/mol. The maximum atomic E-state index is 12.2. The van der Waals surface area contributed by atoms with Crippen molar-refractivity contribution in [2.75, 3.05) is 5.32 Å². The fourth-order valence-corrected chi connectivity index (χ4v) is 2.41. The Kier molecular flexibility index (Phi) is 7.13. The molecule has 7 nitrogen and oxygen atoms in total. The van der Waals surface area contributed by atoms with Crippen molar-refractivity contribution in [2.45, 2.75) is 26.0 Å². The van der Waals surface area contributed by atoms with Gasteiger partial charge in [-0.3, -0.25) is 9.59 Å². The Morgan fingerprint density at radius 1 is 1.11 bits per heavy atom. The van der Waals surface area contributed by atoms with Crippen molar-refractivity contribution in [3.8, 4) is 6.07 Å². The molecule has 0 aliphatic rings. The van der Waals surface area contributed by atoms with Crippen molar-refractivity contribution < 1.29 is 19.1 Å². The Balaban J connectivity index is 1.90. The number of nitriles is 1. The molecule has 2 atom stereocenters. The van der Waals surface area contributed by atoms with E-state index < -0.39 is 29.9 Å². The van der Waals surface area contributed by atoms with E-state index in [9.17, 15) is 14.4 Å². The van der Waals surface area contributed by atoms with Gasteiger partial charge < -0.3 is 15.4 Å². The average Bonchev–Trinajstić information content (AvgIpc) is 2.68. The third kappa shape index (κ3) is 5.56. The lowest BCUT2D eigenvalue weighted by Gasteiger charge is -2.17. The molecule has 8 heteroatoms. The van der Waals surface area contributed by atoms with E-state index in [1.807, 2.05) is 6.07 Å². The quantitative estimate of drug-likeness (QED) is 0.726. The van der Waals surface area contributed by atoms with Gasteiger partial charge in [-0.05, 0) is 44.2 Å². The predicted molar refractivity (Wildman–Crippen MR) is 104 cm³/mol. The minimum absolute atomic E-state index is 0.196. The summed E-state index contributed by atoms with van der Waals surface area (Å²) in [5.74, 6) is -1.74. The standard InChI is InChI=1S/C20H18ClN3O4/c1-12(23-19(26)14-6-4-3-5-7-14)20(27)28-13(2)18(25)24-16-9-8-15(11-22)17(21)10-16/h3-10,12-13H,1-2H3,(H,23,26)(H,24,25)/t12-,13-/m0/s1. The van der Waals surface area contributed by atoms with Gasteiger partial charge in [0.25, 0.3) is 11.8 Å². The number of esters is 1. The summed E-state index contributed by atoms with van der Waals surface area (Å²) in [4.78, 5) is 36.4. The van der Waals surface area contributed by atoms with Crippen LogP contribution in [-0.2, 0) is 14.3 Å². The molecule has 0 radical (unpaired) electrons. The molecule has 0 heterocycles. The molecule has 0 unspecified atom stereocenters. The van der Waals surface area contributed by atoms with E-state index in [-0.39, 0.29) is 10.6 Å². The Bertz CT molecular complexity index is 925. The van der Waals surface area contributed by atoms with Crippen LogP contribution in [0.25, 0.3) is 0 Å². The van der Waals surface area contributed by atoms with Gasteiger partial charge in [0.15, 0.2) is 6.10 Å². The van der Waals surface area contributed by atoms with Crippen LogP contribution < -0.4 is 10.6 Å². The summed E-state index contributed by atoms with van der Waals surface area (Å²) in [6.07, 6.45) is -1.10. The first-order valence-corrected chi connectivity index (χ1v) is 8.76. The number of halogens is 1. The van der Waals surface area contributed by atoms with Crippen molar-refractivity contribution in [2.24, 2.45) is 0 Å². The van der Waals surface area contributed by atoms with Gasteiger partial charge in [-0.25, -0.2) is 4.79 Å². The lowest BCUT2D eigenvalue weighted by Crippen LogP contribution is -2.42. The van der Waals surface area contributed by atoms with Gasteiger partial charge in [0.05, 0.1) is 10.6 Å². The molecule has 0 spiro atoms. The Labute approximate surface area is 167 Å². The van der Waals surface area contributed by atoms with Crippen LogP contribution in [-0.4, -0.2) is 29.9 Å². The van der Waals surface area contributed by atoms with E-state index in [1.54, 1.807) is 30.3 Å². The minimum atomic E-state index is -1.10. The minimum Gasteiger partial charge on any atom is -0.451 e. The van der Waals surface area contributed by atoms with Crippen molar-refractivity contribution in [3.63, 3.8) is 0 Å². The summed E-state index contributed by atoms with van der Waals surface area (Å²) >= 11 is 5.92. The van der Waals surface area contributed by atoms with Crippen LogP contribution in [0.4, 0.5) is 5.69 Å². The van der Waals surface area contributed by atoms with Gasteiger partial charge in [-0.1, -0.05) is 29.8 Å². The van der Waals surface area contributed by atoms with Gasteiger partial charge in [0.2, 0.25) is 0 Å². The number of nitrogens with zero attached hydrogens (tertiary/aromatic N) is 1. The molecule has 0 aromatic heterocycles. The molecule has 0 bridgehead atoms. The summed E-state index contributed by atoms with van der Waals surface area (Å²) in [5, 5.41) is 14.1. The number of benzene rings is 2. The van der Waals surface area contributed by atoms with Gasteiger partial charge in [-0.2, -0.15) is 5.26 Å². The molecule has 0 saturated heterocycles. The normalized spacial score (nSPS) is 12.2. The number of hydrogen-bond acceptors (Lipinski definition) is 5. The van der Waals surface area contributed by atoms with E-state index in [1.165, 1.54) is 32.0 Å². The zero-order chi connectivity index (χ0) is 20.7. The van der Waals surface area contributed by atoms with E-state index in [2.05, 4.69) is 10.6 Å². The van der Waals surface area contributed by atoms with E-state index in [0.29, 0.717) is 11.3 Å². The highest BCUT2D eigenvalue weighted by Crippen LogP contribution is 2.20. The SMILES string of the molecule is C[C@H](NC(=O)c1ccccc1)C(=O)O[C@@H](C)C(=O)Nc1ccc(C#N)c(Cl)c1. The van der Waals surface area contributed by atoms with Crippen molar-refractivity contribution in [1.82, 2.24) is 5.32 Å². The Hall–Kier alpha value is -3.37. The third-order valence-electron chi connectivity index (χ3n) is 3.76. The zero-order valence-electron chi connectivity index (χ0n) is 15.2. The zero-order valence-corrected chi connectivity index (χ0v) is 16.0. The molecule has 0 aliphatic heterocycles. The van der Waals surface area contributed by atoms with Crippen LogP contribution in [0.5, 0.6) is 0 Å². The van der Waals surface area contributed by atoms with E-state index >= 15 is 0 Å². The smallest absolute Gasteiger partial charge is 0.329 e. The highest BCUT2D eigenvalue weighted by molar-refractivity contribution is 6.32. The molecule has 0 fully saturated rings. The lowest BCUT2D eigenvalue weighted by molar-refractivity contribution is -0.154. The molecular formula is C20H18ClN3O4. The van der Waals surface area contributed by atoms with Crippen LogP contribution in [0.2, 0.25) is 5.02 Å². The number of anilines is 1. The molecule has 2 aromatic rings. The first-order valence-electron chi connectivity index (χ1n) is 8.38. The van der Waals surface area contributed by atoms with Gasteiger partial charge >= 0.3 is 5.97 Å². The predicted octanol–water partition coefficient (Wildman–Crippen LogP) is 2.90. The summed E-state index contributed by atoms with van der Waals surface area (Å²) in [5.41, 5.74) is 1.05. The van der Waals surface area contributed by atoms with Crippen LogP contribution in [0.1, 0.15) is 29.8 Å². The highest BCUT2D eigenvalue weighted by Gasteiger charge is 2.23. The number of rotatable bonds is 6. The van der Waals surface area contributed by atoms with Crippen molar-refractivity contribution in [3.05, 3.63) is 64.7 Å². The number of amides is 2. The van der Waals surface area contributed by atoms with E-state index in [4.69, 9.17) is 21.6 Å². The third-order valence-corrected chi connectivity index (χ3v) is 4.07. The molecule has 2 N–H and O–H groups in total. The number of carbonyl (C=O) groups excluding carboxylic acids is 3. The lowest BCUT2D eigenvalue weighted by atomic mass is 10.2. The molecule has 2 aromatic carbocycles. The van der Waals surface area contributed by atoms with Crippen molar-refractivity contribution >= 4 is 35.1 Å². The van der Waals surface area contributed by atoms with Gasteiger partial charge in [-0.15, -0.1) is 0 Å². The molecule has 2 amide bonds. The van der Waals surface area contributed by atoms with Crippen LogP contribution in [0.15, 0.2) is 48.5 Å². The maximum absolute atomic E-state index is 12.2. The summed E-state index contributed by atoms with van der Waals surface area (Å²) in [6.45, 7) is 2.87. The second-order valence-electron chi connectivity index (χ2n) is 5.94. The largest absolute Gasteiger partial charge is 0.451 e. The van der Waals surface area contributed by atoms with E-state index in [0.717, 1.165) is 0 Å². The molecule has 2 rings (SSSR count). The summed E-state index contributed by atoms with van der Waals surface area (Å²) in [7, 11) is 0. The Morgan fingerprint density at radius 2 is 1.79 bits per heavy atom.